The number of piperidine rings is 1. The van der Waals surface area contributed by atoms with Crippen molar-refractivity contribution >= 4 is 0 Å². The third kappa shape index (κ3) is 6.67. The summed E-state index contributed by atoms with van der Waals surface area (Å²) in [7, 11) is 0. The van der Waals surface area contributed by atoms with Crippen molar-refractivity contribution in [3.63, 3.8) is 0 Å². The molecular weight excluding hydrogens is 406 g/mol. The highest BCUT2D eigenvalue weighted by Gasteiger charge is 2.68. The molecule has 2 N–H and O–H groups in total. The minimum absolute atomic E-state index is 0.143. The molecule has 188 valence electrons. The van der Waals surface area contributed by atoms with Crippen molar-refractivity contribution in [2.45, 2.75) is 153 Å². The van der Waals surface area contributed by atoms with Crippen LogP contribution in [0.2, 0.25) is 0 Å². The van der Waals surface area contributed by atoms with E-state index in [4.69, 9.17) is 18.9 Å². The minimum Gasteiger partial charge on any atom is -0.387 e. The summed E-state index contributed by atoms with van der Waals surface area (Å²) in [5.74, 6) is -1.87. The summed E-state index contributed by atoms with van der Waals surface area (Å²) in [5, 5.41) is 14.4. The first-order valence-corrected chi connectivity index (χ1v) is 13.5. The van der Waals surface area contributed by atoms with E-state index < -0.39 is 23.8 Å². The predicted octanol–water partition coefficient (Wildman–Crippen LogP) is 5.06. The van der Waals surface area contributed by atoms with Crippen LogP contribution in [0, 0.1) is 0 Å². The molecule has 0 saturated carbocycles. The van der Waals surface area contributed by atoms with Gasteiger partial charge in [-0.1, -0.05) is 71.1 Å². The highest BCUT2D eigenvalue weighted by molar-refractivity contribution is 5.08. The number of fused-ring (bicyclic) bond motifs is 1. The summed E-state index contributed by atoms with van der Waals surface area (Å²) in [6, 6.07) is 0.143. The lowest BCUT2D eigenvalue weighted by Gasteiger charge is -2.41. The van der Waals surface area contributed by atoms with E-state index in [1.807, 2.05) is 20.8 Å². The number of aliphatic hydroxyl groups excluding tert-OH is 1. The second-order valence-electron chi connectivity index (χ2n) is 10.6. The molecule has 0 amide bonds. The van der Waals surface area contributed by atoms with E-state index in [0.29, 0.717) is 6.61 Å². The van der Waals surface area contributed by atoms with Crippen molar-refractivity contribution in [1.29, 1.82) is 0 Å². The number of ether oxygens (including phenoxy) is 4. The number of unbranched alkanes of at least 4 members (excludes halogenated alkanes) is 9. The second kappa shape index (κ2) is 12.5. The zero-order valence-corrected chi connectivity index (χ0v) is 21.1. The fraction of sp³-hybridized carbons (Fsp3) is 1.00. The zero-order chi connectivity index (χ0) is 23.0. The van der Waals surface area contributed by atoms with Gasteiger partial charge in [-0.15, -0.1) is 0 Å². The molecule has 0 aromatic carbocycles. The first kappa shape index (κ1) is 26.4. The molecule has 3 heterocycles. The Labute approximate surface area is 196 Å². The monoisotopic (exact) mass is 455 g/mol. The maximum Gasteiger partial charge on any atom is 0.229 e. The summed E-state index contributed by atoms with van der Waals surface area (Å²) in [6.07, 6.45) is 14.5. The first-order chi connectivity index (χ1) is 15.4. The van der Waals surface area contributed by atoms with E-state index in [0.717, 1.165) is 19.4 Å². The quantitative estimate of drug-likeness (QED) is 0.357. The third-order valence-electron chi connectivity index (χ3n) is 7.28. The molecule has 6 atom stereocenters. The van der Waals surface area contributed by atoms with Gasteiger partial charge in [0.05, 0.1) is 6.10 Å². The molecule has 0 radical (unpaired) electrons. The average Bonchev–Trinajstić information content (AvgIpc) is 3.16. The molecule has 3 fully saturated rings. The van der Waals surface area contributed by atoms with Crippen LogP contribution in [-0.4, -0.2) is 60.3 Å². The lowest BCUT2D eigenvalue weighted by molar-refractivity contribution is -0.304. The lowest BCUT2D eigenvalue weighted by atomic mass is 9.90. The Morgan fingerprint density at radius 1 is 0.969 bits per heavy atom. The van der Waals surface area contributed by atoms with E-state index in [1.165, 1.54) is 70.6 Å². The van der Waals surface area contributed by atoms with Crippen molar-refractivity contribution in [3.05, 3.63) is 0 Å². The Bertz CT molecular complexity index is 538. The normalized spacial score (nSPS) is 35.2. The molecule has 32 heavy (non-hydrogen) atoms. The maximum absolute atomic E-state index is 10.8. The number of aliphatic hydroxyl groups is 1. The number of rotatable bonds is 14. The summed E-state index contributed by atoms with van der Waals surface area (Å²) in [5.41, 5.74) is 0. The largest absolute Gasteiger partial charge is 0.387 e. The molecule has 6 heteroatoms. The Kier molecular flexibility index (Phi) is 10.3. The van der Waals surface area contributed by atoms with Crippen LogP contribution >= 0.6 is 0 Å². The first-order valence-electron chi connectivity index (χ1n) is 13.5. The Morgan fingerprint density at radius 2 is 1.62 bits per heavy atom. The van der Waals surface area contributed by atoms with Gasteiger partial charge >= 0.3 is 0 Å². The van der Waals surface area contributed by atoms with Gasteiger partial charge in [0.2, 0.25) is 5.79 Å². The van der Waals surface area contributed by atoms with Crippen molar-refractivity contribution in [1.82, 2.24) is 5.32 Å². The van der Waals surface area contributed by atoms with E-state index >= 15 is 0 Å². The van der Waals surface area contributed by atoms with Gasteiger partial charge in [-0.3, -0.25) is 0 Å². The van der Waals surface area contributed by atoms with Crippen LogP contribution < -0.4 is 5.32 Å². The molecule has 3 rings (SSSR count). The molecule has 0 bridgehead atoms. The molecule has 0 aromatic rings. The molecule has 3 aliphatic heterocycles. The molecule has 0 aliphatic carbocycles. The van der Waals surface area contributed by atoms with Crippen molar-refractivity contribution in [3.8, 4) is 0 Å². The van der Waals surface area contributed by atoms with Crippen LogP contribution in [0.15, 0.2) is 0 Å². The van der Waals surface area contributed by atoms with Gasteiger partial charge in [0, 0.05) is 12.6 Å². The van der Waals surface area contributed by atoms with Gasteiger partial charge in [0.15, 0.2) is 5.79 Å². The van der Waals surface area contributed by atoms with Crippen LogP contribution in [0.3, 0.4) is 0 Å². The van der Waals surface area contributed by atoms with E-state index in [1.54, 1.807) is 0 Å². The Morgan fingerprint density at radius 3 is 2.25 bits per heavy atom. The summed E-state index contributed by atoms with van der Waals surface area (Å²) < 4.78 is 25.4. The fourth-order valence-electron chi connectivity index (χ4n) is 5.60. The smallest absolute Gasteiger partial charge is 0.229 e. The molecule has 0 aromatic heterocycles. The van der Waals surface area contributed by atoms with Crippen LogP contribution in [0.1, 0.15) is 111 Å². The van der Waals surface area contributed by atoms with Gasteiger partial charge in [0.25, 0.3) is 0 Å². The van der Waals surface area contributed by atoms with Gasteiger partial charge in [-0.05, 0) is 46.6 Å². The lowest BCUT2D eigenvalue weighted by Crippen LogP contribution is -2.61. The number of hydrogen-bond donors (Lipinski definition) is 2. The number of nitrogens with one attached hydrogen (secondary N) is 1. The fourth-order valence-corrected chi connectivity index (χ4v) is 5.60. The summed E-state index contributed by atoms with van der Waals surface area (Å²) >= 11 is 0. The maximum atomic E-state index is 10.8. The standard InChI is InChI=1S/C26H49NO5/c1-5-6-7-8-9-10-11-12-13-16-19-29-23(21-17-14-15-18-27-21)26-24(22(28)20(2)30-26)31-25(3,4)32-26/h20-24,27-28H,5-19H2,1-4H3/t20-,21?,22+,23?,24-,26-/m0/s1. The Hall–Kier alpha value is -0.240. The number of hydrogen-bond acceptors (Lipinski definition) is 6. The summed E-state index contributed by atoms with van der Waals surface area (Å²) in [4.78, 5) is 0. The van der Waals surface area contributed by atoms with Crippen molar-refractivity contribution in [2.24, 2.45) is 0 Å². The van der Waals surface area contributed by atoms with Gasteiger partial charge < -0.3 is 29.4 Å². The van der Waals surface area contributed by atoms with E-state index in [2.05, 4.69) is 12.2 Å². The van der Waals surface area contributed by atoms with Crippen LogP contribution in [0.5, 0.6) is 0 Å². The molecule has 6 nitrogen and oxygen atoms in total. The second-order valence-corrected chi connectivity index (χ2v) is 10.6. The van der Waals surface area contributed by atoms with Gasteiger partial charge in [0.1, 0.15) is 18.3 Å². The molecule has 3 saturated heterocycles. The van der Waals surface area contributed by atoms with Crippen molar-refractivity contribution in [2.75, 3.05) is 13.2 Å². The van der Waals surface area contributed by atoms with Gasteiger partial charge in [-0.25, -0.2) is 0 Å². The molecule has 3 aliphatic rings. The van der Waals surface area contributed by atoms with E-state index in [9.17, 15) is 5.11 Å². The highest BCUT2D eigenvalue weighted by atomic mass is 16.9. The highest BCUT2D eigenvalue weighted by Crippen LogP contribution is 2.49. The third-order valence-corrected chi connectivity index (χ3v) is 7.28. The molecular formula is C26H49NO5. The van der Waals surface area contributed by atoms with Crippen molar-refractivity contribution < 1.29 is 24.1 Å². The molecule has 2 unspecified atom stereocenters. The topological polar surface area (TPSA) is 69.2 Å². The zero-order valence-electron chi connectivity index (χ0n) is 21.1. The van der Waals surface area contributed by atoms with Crippen LogP contribution in [-0.2, 0) is 18.9 Å². The SMILES string of the molecule is CCCCCCCCCCCCOC(C1CCCCN1)[C@@]12O[C@@H](C)[C@@H](O)[C@@H]1OC(C)(C)O2. The minimum atomic E-state index is -1.06. The average molecular weight is 456 g/mol. The van der Waals surface area contributed by atoms with Gasteiger partial charge in [-0.2, -0.15) is 0 Å². The predicted molar refractivity (Wildman–Crippen MR) is 127 cm³/mol. The van der Waals surface area contributed by atoms with E-state index in [-0.39, 0.29) is 18.2 Å². The summed E-state index contributed by atoms with van der Waals surface area (Å²) in [6.45, 7) is 9.60. The van der Waals surface area contributed by atoms with Crippen LogP contribution in [0.4, 0.5) is 0 Å². The molecule has 0 spiro atoms. The Balaban J connectivity index is 1.50. The van der Waals surface area contributed by atoms with Crippen LogP contribution in [0.25, 0.3) is 0 Å².